The Bertz CT molecular complexity index is 1340. The first-order chi connectivity index (χ1) is 19.1. The van der Waals surface area contributed by atoms with Crippen LogP contribution in [0.4, 0.5) is 5.82 Å². The molecule has 0 spiro atoms. The molecule has 208 valence electrons. The Labute approximate surface area is 229 Å². The SMILES string of the molecule is CCCn1cccc(-n2ncc3c(N4CCN(C(=O)[C@H]5CC[C@H](N6CCCCC6)CC5)CC4)ncnc32)c1=O. The lowest BCUT2D eigenvalue weighted by Crippen LogP contribution is -2.51. The first-order valence-electron chi connectivity index (χ1n) is 14.8. The van der Waals surface area contributed by atoms with Crippen molar-refractivity contribution in [3.63, 3.8) is 0 Å². The zero-order chi connectivity index (χ0) is 26.8. The van der Waals surface area contributed by atoms with Gasteiger partial charge in [0, 0.05) is 50.9 Å². The number of hydrogen-bond acceptors (Lipinski definition) is 7. The van der Waals surface area contributed by atoms with Gasteiger partial charge >= 0.3 is 0 Å². The van der Waals surface area contributed by atoms with E-state index >= 15 is 0 Å². The smallest absolute Gasteiger partial charge is 0.276 e. The number of rotatable bonds is 6. The van der Waals surface area contributed by atoms with Crippen molar-refractivity contribution < 1.29 is 4.79 Å². The molecular formula is C29H40N8O2. The number of carbonyl (C=O) groups excluding carboxylic acids is 1. The van der Waals surface area contributed by atoms with E-state index in [0.717, 1.165) is 56.4 Å². The molecule has 3 aromatic heterocycles. The second-order valence-corrected chi connectivity index (χ2v) is 11.3. The number of piperidine rings is 1. The van der Waals surface area contributed by atoms with E-state index in [0.29, 0.717) is 42.9 Å². The Morgan fingerprint density at radius 1 is 0.974 bits per heavy atom. The number of aryl methyl sites for hydroxylation is 1. The minimum atomic E-state index is -0.0819. The van der Waals surface area contributed by atoms with Crippen LogP contribution < -0.4 is 10.5 Å². The van der Waals surface area contributed by atoms with Gasteiger partial charge in [-0.2, -0.15) is 5.10 Å². The van der Waals surface area contributed by atoms with Gasteiger partial charge in [0.1, 0.15) is 17.8 Å². The standard InChI is InChI=1S/C29H40N8O2/c1-2-12-35-15-6-7-25(29(35)39)37-27-24(20-32-37)26(30-21-31-27)34-16-18-36(19-17-34)28(38)22-8-10-23(11-9-22)33-13-4-3-5-14-33/h6-7,15,20-23H,2-5,8-14,16-19H2,1H3/t22-,23-. The van der Waals surface area contributed by atoms with Crippen molar-refractivity contribution in [2.75, 3.05) is 44.2 Å². The van der Waals surface area contributed by atoms with Crippen LogP contribution in [0.5, 0.6) is 0 Å². The van der Waals surface area contributed by atoms with Crippen molar-refractivity contribution in [1.29, 1.82) is 0 Å². The lowest BCUT2D eigenvalue weighted by Gasteiger charge is -2.41. The van der Waals surface area contributed by atoms with Crippen LogP contribution in [0.1, 0.15) is 58.3 Å². The summed E-state index contributed by atoms with van der Waals surface area (Å²) in [7, 11) is 0. The van der Waals surface area contributed by atoms with E-state index in [1.807, 2.05) is 12.3 Å². The summed E-state index contributed by atoms with van der Waals surface area (Å²) in [6, 6.07) is 4.34. The van der Waals surface area contributed by atoms with Crippen LogP contribution in [-0.4, -0.2) is 85.3 Å². The molecule has 10 nitrogen and oxygen atoms in total. The van der Waals surface area contributed by atoms with E-state index in [1.54, 1.807) is 27.8 Å². The zero-order valence-electron chi connectivity index (χ0n) is 23.0. The number of nitrogens with zero attached hydrogens (tertiary/aromatic N) is 8. The van der Waals surface area contributed by atoms with E-state index in [-0.39, 0.29) is 11.5 Å². The first kappa shape index (κ1) is 26.0. The highest BCUT2D eigenvalue weighted by Gasteiger charge is 2.33. The fourth-order valence-corrected chi connectivity index (χ4v) is 6.73. The fraction of sp³-hybridized carbons (Fsp3) is 0.621. The molecule has 1 saturated carbocycles. The van der Waals surface area contributed by atoms with Crippen molar-refractivity contribution in [3.05, 3.63) is 41.2 Å². The van der Waals surface area contributed by atoms with Crippen molar-refractivity contribution in [1.82, 2.24) is 34.1 Å². The summed E-state index contributed by atoms with van der Waals surface area (Å²) >= 11 is 0. The Balaban J connectivity index is 1.11. The highest BCUT2D eigenvalue weighted by molar-refractivity contribution is 5.88. The molecule has 0 N–H and O–H groups in total. The Morgan fingerprint density at radius 2 is 1.74 bits per heavy atom. The third-order valence-electron chi connectivity index (χ3n) is 8.88. The van der Waals surface area contributed by atoms with E-state index in [4.69, 9.17) is 0 Å². The summed E-state index contributed by atoms with van der Waals surface area (Å²) < 4.78 is 3.33. The van der Waals surface area contributed by atoms with Crippen molar-refractivity contribution in [3.8, 4) is 5.69 Å². The van der Waals surface area contributed by atoms with Crippen LogP contribution in [0.2, 0.25) is 0 Å². The lowest BCUT2D eigenvalue weighted by molar-refractivity contribution is -0.137. The predicted octanol–water partition coefficient (Wildman–Crippen LogP) is 3.08. The molecule has 0 bridgehead atoms. The van der Waals surface area contributed by atoms with Crippen LogP contribution in [-0.2, 0) is 11.3 Å². The molecule has 1 aliphatic carbocycles. The average molecular weight is 533 g/mol. The maximum absolute atomic E-state index is 13.4. The van der Waals surface area contributed by atoms with Gasteiger partial charge in [0.15, 0.2) is 5.65 Å². The Hall–Kier alpha value is -3.27. The molecule has 10 heteroatoms. The summed E-state index contributed by atoms with van der Waals surface area (Å²) in [6.45, 7) is 8.04. The monoisotopic (exact) mass is 532 g/mol. The molecule has 0 radical (unpaired) electrons. The molecule has 1 amide bonds. The van der Waals surface area contributed by atoms with Crippen LogP contribution in [0.15, 0.2) is 35.6 Å². The number of fused-ring (bicyclic) bond motifs is 1. The first-order valence-corrected chi connectivity index (χ1v) is 14.8. The third-order valence-corrected chi connectivity index (χ3v) is 8.88. The summed E-state index contributed by atoms with van der Waals surface area (Å²) in [5, 5.41) is 5.35. The van der Waals surface area contributed by atoms with Gasteiger partial charge in [0.05, 0.1) is 11.6 Å². The number of likely N-dealkylation sites (tertiary alicyclic amines) is 1. The minimum Gasteiger partial charge on any atom is -0.352 e. The number of aromatic nitrogens is 5. The lowest BCUT2D eigenvalue weighted by atomic mass is 9.83. The summed E-state index contributed by atoms with van der Waals surface area (Å²) in [6.07, 6.45) is 14.4. The molecule has 0 aromatic carbocycles. The maximum atomic E-state index is 13.4. The zero-order valence-corrected chi connectivity index (χ0v) is 23.0. The molecule has 5 heterocycles. The predicted molar refractivity (Wildman–Crippen MR) is 151 cm³/mol. The summed E-state index contributed by atoms with van der Waals surface area (Å²) in [5.41, 5.74) is 1.02. The van der Waals surface area contributed by atoms with Crippen LogP contribution in [0.3, 0.4) is 0 Å². The molecule has 2 aliphatic heterocycles. The van der Waals surface area contributed by atoms with Gasteiger partial charge in [-0.25, -0.2) is 14.6 Å². The Morgan fingerprint density at radius 3 is 2.49 bits per heavy atom. The van der Waals surface area contributed by atoms with Crippen molar-refractivity contribution in [2.24, 2.45) is 5.92 Å². The number of hydrogen-bond donors (Lipinski definition) is 0. The topological polar surface area (TPSA) is 92.4 Å². The molecule has 3 aromatic rings. The summed E-state index contributed by atoms with van der Waals surface area (Å²) in [5.74, 6) is 1.31. The molecule has 3 aliphatic rings. The number of piperazine rings is 1. The number of amides is 1. The van der Waals surface area contributed by atoms with Gasteiger partial charge in [0.25, 0.3) is 5.56 Å². The quantitative estimate of drug-likeness (QED) is 0.482. The van der Waals surface area contributed by atoms with Gasteiger partial charge in [-0.05, 0) is 70.2 Å². The number of anilines is 1. The van der Waals surface area contributed by atoms with Crippen molar-refractivity contribution in [2.45, 2.75) is 70.9 Å². The summed E-state index contributed by atoms with van der Waals surface area (Å²) in [4.78, 5) is 42.4. The van der Waals surface area contributed by atoms with E-state index in [9.17, 15) is 9.59 Å². The van der Waals surface area contributed by atoms with Gasteiger partial charge in [-0.1, -0.05) is 13.3 Å². The van der Waals surface area contributed by atoms with Crippen molar-refractivity contribution >= 4 is 22.8 Å². The second-order valence-electron chi connectivity index (χ2n) is 11.3. The highest BCUT2D eigenvalue weighted by Crippen LogP contribution is 2.31. The number of carbonyl (C=O) groups is 1. The molecule has 0 unspecified atom stereocenters. The molecule has 6 rings (SSSR count). The van der Waals surface area contributed by atoms with E-state index < -0.39 is 0 Å². The molecule has 39 heavy (non-hydrogen) atoms. The average Bonchev–Trinajstić information content (AvgIpc) is 3.43. The molecule has 3 fully saturated rings. The maximum Gasteiger partial charge on any atom is 0.276 e. The minimum absolute atomic E-state index is 0.0819. The van der Waals surface area contributed by atoms with Crippen LogP contribution >= 0.6 is 0 Å². The largest absolute Gasteiger partial charge is 0.352 e. The third kappa shape index (κ3) is 5.18. The molecular weight excluding hydrogens is 492 g/mol. The second kappa shape index (κ2) is 11.5. The van der Waals surface area contributed by atoms with Gasteiger partial charge in [-0.3, -0.25) is 9.59 Å². The highest BCUT2D eigenvalue weighted by atomic mass is 16.2. The van der Waals surface area contributed by atoms with Gasteiger partial charge in [-0.15, -0.1) is 0 Å². The Kier molecular flexibility index (Phi) is 7.63. The normalized spacial score (nSPS) is 22.9. The fourth-order valence-electron chi connectivity index (χ4n) is 6.73. The molecule has 2 saturated heterocycles. The molecule has 0 atom stereocenters. The van der Waals surface area contributed by atoms with Crippen LogP contribution in [0.25, 0.3) is 16.7 Å². The van der Waals surface area contributed by atoms with Gasteiger partial charge < -0.3 is 19.3 Å². The van der Waals surface area contributed by atoms with Crippen LogP contribution in [0, 0.1) is 5.92 Å². The van der Waals surface area contributed by atoms with E-state index in [2.05, 4.69) is 36.7 Å². The van der Waals surface area contributed by atoms with E-state index in [1.165, 1.54) is 32.4 Å². The van der Waals surface area contributed by atoms with Gasteiger partial charge in [0.2, 0.25) is 5.91 Å². The number of pyridine rings is 1.